The second-order valence-corrected chi connectivity index (χ2v) is 4.69. The van der Waals surface area contributed by atoms with Crippen LogP contribution in [0.15, 0.2) is 12.2 Å². The summed E-state index contributed by atoms with van der Waals surface area (Å²) >= 11 is 0. The summed E-state index contributed by atoms with van der Waals surface area (Å²) in [4.78, 5) is 23.1. The van der Waals surface area contributed by atoms with Gasteiger partial charge in [0.25, 0.3) is 0 Å². The fourth-order valence-corrected chi connectivity index (χ4v) is 1.94. The van der Waals surface area contributed by atoms with Crippen LogP contribution in [0.4, 0.5) is 0 Å². The van der Waals surface area contributed by atoms with E-state index >= 15 is 0 Å². The minimum absolute atomic E-state index is 0.128. The van der Waals surface area contributed by atoms with Gasteiger partial charge in [-0.1, -0.05) is 19.9 Å². The summed E-state index contributed by atoms with van der Waals surface area (Å²) in [5.41, 5.74) is -1.14. The molecule has 1 rings (SSSR count). The summed E-state index contributed by atoms with van der Waals surface area (Å²) in [6.07, 6.45) is 3.84. The number of hydrogen-bond donors (Lipinski definition) is 0. The van der Waals surface area contributed by atoms with Crippen LogP contribution in [-0.4, -0.2) is 18.9 Å². The minimum atomic E-state index is -1.01. The van der Waals surface area contributed by atoms with E-state index in [0.717, 1.165) is 0 Å². The average molecular weight is 196 g/mol. The van der Waals surface area contributed by atoms with Gasteiger partial charge in [0.05, 0.1) is 7.11 Å². The highest BCUT2D eigenvalue weighted by atomic mass is 16.5. The molecule has 3 heteroatoms. The van der Waals surface area contributed by atoms with E-state index in [1.165, 1.54) is 13.2 Å². The van der Waals surface area contributed by atoms with Gasteiger partial charge in [-0.15, -0.1) is 0 Å². The van der Waals surface area contributed by atoms with E-state index in [0.29, 0.717) is 6.42 Å². The van der Waals surface area contributed by atoms with Crippen LogP contribution < -0.4 is 0 Å². The third kappa shape index (κ3) is 1.72. The lowest BCUT2D eigenvalue weighted by Gasteiger charge is -2.35. The van der Waals surface area contributed by atoms with Crippen molar-refractivity contribution in [1.82, 2.24) is 0 Å². The van der Waals surface area contributed by atoms with Gasteiger partial charge in [-0.3, -0.25) is 9.59 Å². The maximum Gasteiger partial charge on any atom is 0.319 e. The van der Waals surface area contributed by atoms with Crippen LogP contribution in [0.5, 0.6) is 0 Å². The molecule has 0 spiro atoms. The molecule has 0 saturated heterocycles. The van der Waals surface area contributed by atoms with Gasteiger partial charge >= 0.3 is 5.97 Å². The first kappa shape index (κ1) is 11.0. The maximum absolute atomic E-state index is 11.6. The molecule has 3 nitrogen and oxygen atoms in total. The number of ketones is 1. The van der Waals surface area contributed by atoms with Crippen molar-refractivity contribution in [3.05, 3.63) is 12.2 Å². The smallest absolute Gasteiger partial charge is 0.319 e. The zero-order valence-electron chi connectivity index (χ0n) is 9.09. The summed E-state index contributed by atoms with van der Waals surface area (Å²) in [7, 11) is 1.31. The molecule has 0 aliphatic heterocycles. The number of allylic oxidation sites excluding steroid dienone is 2. The fraction of sp³-hybridized carbons (Fsp3) is 0.636. The van der Waals surface area contributed by atoms with Gasteiger partial charge in [-0.2, -0.15) is 0 Å². The summed E-state index contributed by atoms with van der Waals surface area (Å²) in [5, 5.41) is 0. The number of carbonyl (C=O) groups excluding carboxylic acids is 2. The molecule has 0 N–H and O–H groups in total. The molecule has 1 aliphatic carbocycles. The summed E-state index contributed by atoms with van der Waals surface area (Å²) in [5.74, 6) is -0.608. The third-order valence-corrected chi connectivity index (χ3v) is 2.67. The van der Waals surface area contributed by atoms with Crippen LogP contribution in [0.3, 0.4) is 0 Å². The molecule has 14 heavy (non-hydrogen) atoms. The van der Waals surface area contributed by atoms with E-state index in [9.17, 15) is 9.59 Å². The van der Waals surface area contributed by atoms with Gasteiger partial charge in [0, 0.05) is 0 Å². The molecule has 0 aromatic carbocycles. The fourth-order valence-electron chi connectivity index (χ4n) is 1.94. The van der Waals surface area contributed by atoms with Crippen molar-refractivity contribution in [2.45, 2.75) is 27.2 Å². The average Bonchev–Trinajstić information content (AvgIpc) is 2.10. The Kier molecular flexibility index (Phi) is 2.52. The zero-order valence-corrected chi connectivity index (χ0v) is 9.09. The highest BCUT2D eigenvalue weighted by Crippen LogP contribution is 2.40. The summed E-state index contributed by atoms with van der Waals surface area (Å²) < 4.78 is 4.66. The van der Waals surface area contributed by atoms with E-state index in [1.54, 1.807) is 6.92 Å². The maximum atomic E-state index is 11.6. The van der Waals surface area contributed by atoms with Crippen molar-refractivity contribution in [3.63, 3.8) is 0 Å². The van der Waals surface area contributed by atoms with Crippen molar-refractivity contribution >= 4 is 11.8 Å². The number of esters is 1. The van der Waals surface area contributed by atoms with Crippen LogP contribution in [0.25, 0.3) is 0 Å². The van der Waals surface area contributed by atoms with Crippen LogP contribution in [0.2, 0.25) is 0 Å². The SMILES string of the molecule is COC(=O)C1(C)CC(C)(C)C=CC1=O. The first-order chi connectivity index (χ1) is 6.32. The van der Waals surface area contributed by atoms with Crippen molar-refractivity contribution in [1.29, 1.82) is 0 Å². The highest BCUT2D eigenvalue weighted by Gasteiger charge is 2.46. The lowest BCUT2D eigenvalue weighted by atomic mass is 9.67. The van der Waals surface area contributed by atoms with Gasteiger partial charge in [-0.05, 0) is 24.8 Å². The molecule has 0 radical (unpaired) electrons. The van der Waals surface area contributed by atoms with E-state index in [1.807, 2.05) is 19.9 Å². The van der Waals surface area contributed by atoms with Gasteiger partial charge in [0.15, 0.2) is 5.78 Å². The monoisotopic (exact) mass is 196 g/mol. The van der Waals surface area contributed by atoms with Crippen LogP contribution in [-0.2, 0) is 14.3 Å². The predicted octanol–water partition coefficient (Wildman–Crippen LogP) is 1.72. The Morgan fingerprint density at radius 3 is 2.50 bits per heavy atom. The van der Waals surface area contributed by atoms with Gasteiger partial charge in [-0.25, -0.2) is 0 Å². The quantitative estimate of drug-likeness (QED) is 0.473. The van der Waals surface area contributed by atoms with E-state index < -0.39 is 11.4 Å². The van der Waals surface area contributed by atoms with Crippen molar-refractivity contribution in [3.8, 4) is 0 Å². The normalized spacial score (nSPS) is 30.1. The van der Waals surface area contributed by atoms with E-state index in [-0.39, 0.29) is 11.2 Å². The lowest BCUT2D eigenvalue weighted by Crippen LogP contribution is -2.42. The molecule has 78 valence electrons. The Bertz CT molecular complexity index is 302. The van der Waals surface area contributed by atoms with Crippen LogP contribution in [0.1, 0.15) is 27.2 Å². The second-order valence-electron chi connectivity index (χ2n) is 4.69. The van der Waals surface area contributed by atoms with Gasteiger partial charge in [0.2, 0.25) is 0 Å². The first-order valence-electron chi connectivity index (χ1n) is 4.64. The number of ether oxygens (including phenoxy) is 1. The Balaban J connectivity index is 3.06. The number of carbonyl (C=O) groups is 2. The van der Waals surface area contributed by atoms with E-state index in [2.05, 4.69) is 4.74 Å². The Morgan fingerprint density at radius 1 is 1.43 bits per heavy atom. The first-order valence-corrected chi connectivity index (χ1v) is 4.64. The largest absolute Gasteiger partial charge is 0.468 e. The molecule has 0 heterocycles. The molecule has 1 unspecified atom stereocenters. The van der Waals surface area contributed by atoms with Crippen molar-refractivity contribution in [2.24, 2.45) is 10.8 Å². The Hall–Kier alpha value is -1.12. The number of hydrogen-bond acceptors (Lipinski definition) is 3. The minimum Gasteiger partial charge on any atom is -0.468 e. The van der Waals surface area contributed by atoms with Crippen LogP contribution >= 0.6 is 0 Å². The molecule has 0 fully saturated rings. The van der Waals surface area contributed by atoms with Gasteiger partial charge in [0.1, 0.15) is 5.41 Å². The molecule has 0 saturated carbocycles. The predicted molar refractivity (Wildman–Crippen MR) is 52.7 cm³/mol. The number of methoxy groups -OCH3 is 1. The molecule has 1 aliphatic rings. The Labute approximate surface area is 84.1 Å². The molecule has 0 aromatic heterocycles. The highest BCUT2D eigenvalue weighted by molar-refractivity contribution is 6.09. The van der Waals surface area contributed by atoms with Crippen molar-refractivity contribution < 1.29 is 14.3 Å². The van der Waals surface area contributed by atoms with Crippen molar-refractivity contribution in [2.75, 3.05) is 7.11 Å². The lowest BCUT2D eigenvalue weighted by molar-refractivity contribution is -0.157. The second kappa shape index (κ2) is 3.23. The molecule has 0 bridgehead atoms. The molecular weight excluding hydrogens is 180 g/mol. The Morgan fingerprint density at radius 2 is 2.00 bits per heavy atom. The molecule has 0 aromatic rings. The zero-order chi connectivity index (χ0) is 11.0. The standard InChI is InChI=1S/C11H16O3/c1-10(2)6-5-8(12)11(3,7-10)9(13)14-4/h5-6H,7H2,1-4H3. The molecular formula is C11H16O3. The van der Waals surface area contributed by atoms with Gasteiger partial charge < -0.3 is 4.74 Å². The summed E-state index contributed by atoms with van der Waals surface area (Å²) in [6.45, 7) is 5.64. The topological polar surface area (TPSA) is 43.4 Å². The molecule has 1 atom stereocenters. The van der Waals surface area contributed by atoms with Crippen LogP contribution in [0, 0.1) is 10.8 Å². The molecule has 0 amide bonds. The summed E-state index contributed by atoms with van der Waals surface area (Å²) in [6, 6.07) is 0. The number of rotatable bonds is 1. The third-order valence-electron chi connectivity index (χ3n) is 2.67. The van der Waals surface area contributed by atoms with E-state index in [4.69, 9.17) is 0 Å².